The van der Waals surface area contributed by atoms with Crippen molar-refractivity contribution in [1.29, 1.82) is 0 Å². The maximum atomic E-state index is 12.7. The fourth-order valence-electron chi connectivity index (χ4n) is 2.27. The molecule has 0 atom stereocenters. The molecule has 120 valence electrons. The van der Waals surface area contributed by atoms with Crippen molar-refractivity contribution in [3.63, 3.8) is 0 Å². The van der Waals surface area contributed by atoms with E-state index >= 15 is 0 Å². The number of carbonyl (C=O) groups is 2. The van der Waals surface area contributed by atoms with Gasteiger partial charge in [-0.25, -0.2) is 4.79 Å². The molecule has 5 nitrogen and oxygen atoms in total. The second kappa shape index (κ2) is 7.45. The van der Waals surface area contributed by atoms with E-state index in [4.69, 9.17) is 5.73 Å². The SMILES string of the molecule is CC(C)N(Cc1ccccc1)C(=O)c1ccc(NC(N)=O)cc1. The van der Waals surface area contributed by atoms with Gasteiger partial charge in [0.15, 0.2) is 0 Å². The summed E-state index contributed by atoms with van der Waals surface area (Å²) in [4.78, 5) is 25.4. The number of nitrogens with one attached hydrogen (secondary N) is 1. The molecule has 0 bridgehead atoms. The predicted octanol–water partition coefficient (Wildman–Crippen LogP) is 3.23. The lowest BCUT2D eigenvalue weighted by Crippen LogP contribution is -2.36. The highest BCUT2D eigenvalue weighted by atomic mass is 16.2. The Balaban J connectivity index is 2.16. The molecule has 0 unspecified atom stereocenters. The molecule has 5 heteroatoms. The number of nitrogens with zero attached hydrogens (tertiary/aromatic N) is 1. The van der Waals surface area contributed by atoms with Crippen LogP contribution in [0.2, 0.25) is 0 Å². The molecular weight excluding hydrogens is 290 g/mol. The molecule has 3 N–H and O–H groups in total. The van der Waals surface area contributed by atoms with Gasteiger partial charge >= 0.3 is 6.03 Å². The molecule has 0 spiro atoms. The van der Waals surface area contributed by atoms with Crippen molar-refractivity contribution < 1.29 is 9.59 Å². The van der Waals surface area contributed by atoms with Gasteiger partial charge in [-0.15, -0.1) is 0 Å². The molecule has 0 saturated carbocycles. The molecule has 2 rings (SSSR count). The van der Waals surface area contributed by atoms with Crippen LogP contribution in [0, 0.1) is 0 Å². The van der Waals surface area contributed by atoms with Crippen LogP contribution >= 0.6 is 0 Å². The third-order valence-corrected chi connectivity index (χ3v) is 3.48. The van der Waals surface area contributed by atoms with E-state index in [1.807, 2.05) is 49.1 Å². The fraction of sp³-hybridized carbons (Fsp3) is 0.222. The summed E-state index contributed by atoms with van der Waals surface area (Å²) in [5.41, 5.74) is 7.29. The fourth-order valence-corrected chi connectivity index (χ4v) is 2.27. The number of carbonyl (C=O) groups excluding carboxylic acids is 2. The normalized spacial score (nSPS) is 10.4. The van der Waals surface area contributed by atoms with Crippen LogP contribution in [0.5, 0.6) is 0 Å². The highest BCUT2D eigenvalue weighted by Crippen LogP contribution is 2.15. The van der Waals surface area contributed by atoms with Gasteiger partial charge in [-0.2, -0.15) is 0 Å². The van der Waals surface area contributed by atoms with Gasteiger partial charge in [0.2, 0.25) is 0 Å². The van der Waals surface area contributed by atoms with Gasteiger partial charge < -0.3 is 16.0 Å². The molecule has 0 radical (unpaired) electrons. The minimum absolute atomic E-state index is 0.0468. The average Bonchev–Trinajstić information content (AvgIpc) is 2.53. The van der Waals surface area contributed by atoms with Crippen molar-refractivity contribution in [1.82, 2.24) is 4.90 Å². The van der Waals surface area contributed by atoms with Gasteiger partial charge in [0.1, 0.15) is 0 Å². The van der Waals surface area contributed by atoms with Crippen LogP contribution in [-0.4, -0.2) is 22.9 Å². The number of amides is 3. The van der Waals surface area contributed by atoms with Gasteiger partial charge in [0.25, 0.3) is 5.91 Å². The Morgan fingerprint density at radius 1 is 1.04 bits per heavy atom. The van der Waals surface area contributed by atoms with Gasteiger partial charge in [-0.1, -0.05) is 30.3 Å². The van der Waals surface area contributed by atoms with Crippen molar-refractivity contribution in [2.45, 2.75) is 26.4 Å². The molecule has 3 amide bonds. The molecule has 0 aliphatic rings. The number of hydrogen-bond donors (Lipinski definition) is 2. The lowest BCUT2D eigenvalue weighted by molar-refractivity contribution is 0.0690. The standard InChI is InChI=1S/C18H21N3O2/c1-13(2)21(12-14-6-4-3-5-7-14)17(22)15-8-10-16(11-9-15)20-18(19)23/h3-11,13H,12H2,1-2H3,(H3,19,20,23). The smallest absolute Gasteiger partial charge is 0.316 e. The molecule has 0 aromatic heterocycles. The number of anilines is 1. The zero-order valence-electron chi connectivity index (χ0n) is 13.3. The van der Waals surface area contributed by atoms with Crippen LogP contribution in [-0.2, 0) is 6.54 Å². The first-order chi connectivity index (χ1) is 11.0. The van der Waals surface area contributed by atoms with Crippen LogP contribution in [0.25, 0.3) is 0 Å². The average molecular weight is 311 g/mol. The van der Waals surface area contributed by atoms with E-state index in [-0.39, 0.29) is 11.9 Å². The van der Waals surface area contributed by atoms with Crippen LogP contribution in [0.3, 0.4) is 0 Å². The number of urea groups is 1. The largest absolute Gasteiger partial charge is 0.351 e. The van der Waals surface area contributed by atoms with Gasteiger partial charge in [0, 0.05) is 23.8 Å². The van der Waals surface area contributed by atoms with E-state index in [1.54, 1.807) is 24.3 Å². The van der Waals surface area contributed by atoms with E-state index < -0.39 is 6.03 Å². The van der Waals surface area contributed by atoms with E-state index in [9.17, 15) is 9.59 Å². The number of nitrogens with two attached hydrogens (primary N) is 1. The Morgan fingerprint density at radius 3 is 2.17 bits per heavy atom. The summed E-state index contributed by atoms with van der Waals surface area (Å²) in [6, 6.07) is 16.0. The maximum absolute atomic E-state index is 12.7. The predicted molar refractivity (Wildman–Crippen MR) is 91.1 cm³/mol. The summed E-state index contributed by atoms with van der Waals surface area (Å²) in [5.74, 6) is -0.0468. The first kappa shape index (κ1) is 16.5. The zero-order chi connectivity index (χ0) is 16.8. The van der Waals surface area contributed by atoms with Crippen LogP contribution in [0.4, 0.5) is 10.5 Å². The first-order valence-corrected chi connectivity index (χ1v) is 7.49. The number of benzene rings is 2. The summed E-state index contributed by atoms with van der Waals surface area (Å²) in [6.45, 7) is 4.53. The first-order valence-electron chi connectivity index (χ1n) is 7.49. The molecular formula is C18H21N3O2. The Labute approximate surface area is 136 Å². The Hall–Kier alpha value is -2.82. The van der Waals surface area contributed by atoms with Gasteiger partial charge in [0.05, 0.1) is 0 Å². The molecule has 0 aliphatic heterocycles. The quantitative estimate of drug-likeness (QED) is 0.889. The Kier molecular flexibility index (Phi) is 5.36. The third-order valence-electron chi connectivity index (χ3n) is 3.48. The van der Waals surface area contributed by atoms with E-state index in [2.05, 4.69) is 5.32 Å². The highest BCUT2D eigenvalue weighted by molar-refractivity contribution is 5.95. The number of rotatable bonds is 5. The summed E-state index contributed by atoms with van der Waals surface area (Å²) >= 11 is 0. The van der Waals surface area contributed by atoms with Crippen molar-refractivity contribution in [2.24, 2.45) is 5.73 Å². The minimum atomic E-state index is -0.628. The molecule has 23 heavy (non-hydrogen) atoms. The molecule has 0 fully saturated rings. The number of hydrogen-bond acceptors (Lipinski definition) is 2. The number of primary amides is 1. The zero-order valence-corrected chi connectivity index (χ0v) is 13.3. The summed E-state index contributed by atoms with van der Waals surface area (Å²) in [6.07, 6.45) is 0. The second-order valence-electron chi connectivity index (χ2n) is 5.58. The molecule has 0 heterocycles. The molecule has 0 saturated heterocycles. The Bertz CT molecular complexity index is 666. The van der Waals surface area contributed by atoms with Crippen LogP contribution in [0.1, 0.15) is 29.8 Å². The highest BCUT2D eigenvalue weighted by Gasteiger charge is 2.19. The van der Waals surface area contributed by atoms with Gasteiger partial charge in [-0.05, 0) is 43.7 Å². The maximum Gasteiger partial charge on any atom is 0.316 e. The molecule has 2 aromatic carbocycles. The van der Waals surface area contributed by atoms with Crippen molar-refractivity contribution in [2.75, 3.05) is 5.32 Å². The van der Waals surface area contributed by atoms with Crippen molar-refractivity contribution in [3.05, 3.63) is 65.7 Å². The van der Waals surface area contributed by atoms with Gasteiger partial charge in [-0.3, -0.25) is 4.79 Å². The van der Waals surface area contributed by atoms with E-state index in [0.717, 1.165) is 5.56 Å². The lowest BCUT2D eigenvalue weighted by atomic mass is 10.1. The third kappa shape index (κ3) is 4.57. The van der Waals surface area contributed by atoms with Crippen molar-refractivity contribution >= 4 is 17.6 Å². The van der Waals surface area contributed by atoms with E-state index in [1.165, 1.54) is 0 Å². The van der Waals surface area contributed by atoms with Crippen molar-refractivity contribution in [3.8, 4) is 0 Å². The summed E-state index contributed by atoms with van der Waals surface area (Å²) in [7, 11) is 0. The minimum Gasteiger partial charge on any atom is -0.351 e. The topological polar surface area (TPSA) is 75.4 Å². The summed E-state index contributed by atoms with van der Waals surface area (Å²) in [5, 5.41) is 2.48. The van der Waals surface area contributed by atoms with E-state index in [0.29, 0.717) is 17.8 Å². The monoisotopic (exact) mass is 311 g/mol. The summed E-state index contributed by atoms with van der Waals surface area (Å²) < 4.78 is 0. The lowest BCUT2D eigenvalue weighted by Gasteiger charge is -2.27. The second-order valence-corrected chi connectivity index (χ2v) is 5.58. The Morgan fingerprint density at radius 2 is 1.65 bits per heavy atom. The van der Waals surface area contributed by atoms with Crippen LogP contribution in [0.15, 0.2) is 54.6 Å². The van der Waals surface area contributed by atoms with Crippen LogP contribution < -0.4 is 11.1 Å². The molecule has 0 aliphatic carbocycles. The molecule has 2 aromatic rings.